The molecule has 0 radical (unpaired) electrons. The number of hydrogen-bond acceptors (Lipinski definition) is 24. The number of unbranched alkanes of at least 4 members (excludes halogenated alkanes) is 10. The van der Waals surface area contributed by atoms with Crippen LogP contribution in [0.1, 0.15) is 215 Å². The third-order valence-corrected chi connectivity index (χ3v) is 17.9. The van der Waals surface area contributed by atoms with Crippen molar-refractivity contribution in [1.82, 2.24) is 21.3 Å². The van der Waals surface area contributed by atoms with Crippen molar-refractivity contribution in [1.29, 1.82) is 0 Å². The van der Waals surface area contributed by atoms with Gasteiger partial charge in [0.1, 0.15) is 70.4 Å². The van der Waals surface area contributed by atoms with Crippen molar-refractivity contribution in [3.8, 4) is 34.5 Å². The Morgan fingerprint density at radius 2 is 0.902 bits per heavy atom. The second-order valence-corrected chi connectivity index (χ2v) is 29.9. The second-order valence-electron chi connectivity index (χ2n) is 29.9. The second kappa shape index (κ2) is 47.8. The van der Waals surface area contributed by atoms with Gasteiger partial charge in [0.05, 0.1) is 25.4 Å². The summed E-state index contributed by atoms with van der Waals surface area (Å²) in [6.07, 6.45) is 2.99. The van der Waals surface area contributed by atoms with Crippen LogP contribution in [-0.2, 0) is 54.1 Å². The first kappa shape index (κ1) is 94.9. The molecule has 624 valence electrons. The van der Waals surface area contributed by atoms with Gasteiger partial charge in [-0.3, -0.25) is 24.0 Å². The average Bonchev–Trinajstić information content (AvgIpc) is 0.790. The van der Waals surface area contributed by atoms with Crippen molar-refractivity contribution >= 4 is 65.2 Å². The minimum atomic E-state index is -2.36. The molecule has 6 rings (SSSR count). The third-order valence-electron chi connectivity index (χ3n) is 17.9. The van der Waals surface area contributed by atoms with Crippen molar-refractivity contribution in [3.63, 3.8) is 0 Å². The number of rotatable bonds is 39. The third kappa shape index (κ3) is 35.1. The van der Waals surface area contributed by atoms with Crippen LogP contribution in [0.15, 0.2) is 91.0 Å². The average molecular weight is 1580 g/mol. The first-order valence-electron chi connectivity index (χ1n) is 38.9. The Kier molecular flexibility index (Phi) is 40.5. The first-order chi connectivity index (χ1) is 53.0. The fourth-order valence-corrected chi connectivity index (χ4v) is 11.9. The number of anilines is 2. The van der Waals surface area contributed by atoms with E-state index in [-0.39, 0.29) is 68.9 Å². The van der Waals surface area contributed by atoms with Crippen molar-refractivity contribution in [3.05, 3.63) is 102 Å². The molecule has 0 aliphatic heterocycles. The van der Waals surface area contributed by atoms with Crippen LogP contribution < -0.4 is 41.4 Å². The summed E-state index contributed by atoms with van der Waals surface area (Å²) in [5.41, 5.74) is -4.44. The number of phenolic OH excluding ortho intramolecular Hbond substituents is 4. The van der Waals surface area contributed by atoms with Gasteiger partial charge in [-0.05, 0) is 176 Å². The van der Waals surface area contributed by atoms with Crippen LogP contribution in [0.3, 0.4) is 0 Å². The van der Waals surface area contributed by atoms with E-state index in [1.54, 1.807) is 90.1 Å². The Morgan fingerprint density at radius 3 is 1.31 bits per heavy atom. The van der Waals surface area contributed by atoms with Gasteiger partial charge in [-0.2, -0.15) is 0 Å². The van der Waals surface area contributed by atoms with E-state index in [4.69, 9.17) is 28.4 Å². The maximum atomic E-state index is 13.7. The Bertz CT molecular complexity index is 3600. The fourth-order valence-electron chi connectivity index (χ4n) is 11.9. The highest BCUT2D eigenvalue weighted by Gasteiger charge is 2.52. The lowest BCUT2D eigenvalue weighted by Gasteiger charge is -2.41. The molecule has 4 aromatic rings. The number of aliphatic hydroxyl groups is 6. The van der Waals surface area contributed by atoms with Gasteiger partial charge in [-0.15, -0.1) is 0 Å². The number of carbonyl (C=O) groups excluding carboxylic acids is 8. The van der Waals surface area contributed by atoms with E-state index in [1.807, 2.05) is 13.8 Å². The monoisotopic (exact) mass is 1570 g/mol. The number of amides is 6. The topological polar surface area (TPSA) is 466 Å². The molecule has 2 aliphatic rings. The van der Waals surface area contributed by atoms with Gasteiger partial charge in [0.25, 0.3) is 11.8 Å². The maximum absolute atomic E-state index is 13.7. The molecule has 2 aliphatic carbocycles. The molecule has 2 saturated carbocycles. The summed E-state index contributed by atoms with van der Waals surface area (Å²) in [6.45, 7) is 20.0. The van der Waals surface area contributed by atoms with Crippen molar-refractivity contribution in [2.45, 2.75) is 282 Å². The Hall–Kier alpha value is -9.46. The molecule has 6 amide bonds. The van der Waals surface area contributed by atoms with Crippen LogP contribution in [-0.4, -0.2) is 196 Å². The number of phenols is 4. The van der Waals surface area contributed by atoms with Crippen LogP contribution >= 0.6 is 0 Å². The highest BCUT2D eigenvalue weighted by molar-refractivity contribution is 5.99. The summed E-state index contributed by atoms with van der Waals surface area (Å²) >= 11 is 0. The zero-order valence-electron chi connectivity index (χ0n) is 66.4. The largest absolute Gasteiger partial charge is 0.504 e. The van der Waals surface area contributed by atoms with Crippen molar-refractivity contribution < 1.29 is 118 Å². The van der Waals surface area contributed by atoms with Crippen LogP contribution in [0.25, 0.3) is 6.08 Å². The number of benzene rings is 4. The highest BCUT2D eigenvalue weighted by atomic mass is 16.6. The van der Waals surface area contributed by atoms with E-state index in [0.29, 0.717) is 47.2 Å². The standard InChI is InChI=1S/C40H59N3O12.C40H57N3O12.C2H6/c2*1-5-6-7-8-9-10-22-53-28-17-15-27(16-18-28)42-36(49)29(12-11-21-41-38(51)55-39(2,3)4)43-37(50)40(52)24-32(46)35(48)33(25-40)54-34(47)20-14-26-13-19-30(44)31(45)23-26;1-2/h13,15-19,23,29,32-33,35,44-46,48,52H,5-12,14,20-22,24-25H2,1-4H3,(H,41,51)(H,42,49)(H,43,50);13-20,23,29,32-33,35,44-46,48,52H,5-12,21-22,24-25H2,1-4H3,(H,41,51)(H,42,49)(H,43,50);1-2H3/b;20-14+;. The van der Waals surface area contributed by atoms with E-state index in [2.05, 4.69) is 45.7 Å². The lowest BCUT2D eigenvalue weighted by Crippen LogP contribution is -2.61. The molecule has 30 heteroatoms. The number of aromatic hydroxyl groups is 4. The normalized spacial score (nSPS) is 19.9. The van der Waals surface area contributed by atoms with Gasteiger partial charge in [0.15, 0.2) is 23.0 Å². The number of carbonyl (C=O) groups is 8. The molecule has 2 fully saturated rings. The number of nitrogens with one attached hydrogen (secondary N) is 6. The summed E-state index contributed by atoms with van der Waals surface area (Å²) in [4.78, 5) is 104. The van der Waals surface area contributed by atoms with Gasteiger partial charge in [-0.25, -0.2) is 14.4 Å². The first-order valence-corrected chi connectivity index (χ1v) is 38.9. The summed E-state index contributed by atoms with van der Waals surface area (Å²) in [5, 5.41) is 120. The minimum absolute atomic E-state index is 0.0180. The summed E-state index contributed by atoms with van der Waals surface area (Å²) in [6, 6.07) is 19.0. The van der Waals surface area contributed by atoms with Gasteiger partial charge in [-0.1, -0.05) is 104 Å². The SMILES string of the molecule is CC.CCCCCCCCOc1ccc(NC(=O)C(CCCNC(=O)OC(C)(C)C)NC(=O)C2(O)CC(O)C(O)C(OC(=O)/C=C/c3ccc(O)c(O)c3)C2)cc1.CCCCCCCCOc1ccc(NC(=O)C(CCCNC(=O)OC(C)(C)C)NC(=O)C2(O)CC(O)C(O)C(OC(=O)CCc3ccc(O)c(O)c3)C2)cc1. The van der Waals surface area contributed by atoms with E-state index >= 15 is 0 Å². The fraction of sp³-hybridized carbons (Fsp3) is 0.585. The molecule has 16 N–H and O–H groups in total. The predicted octanol–water partition coefficient (Wildman–Crippen LogP) is 9.82. The van der Waals surface area contributed by atoms with E-state index in [1.165, 1.54) is 93.8 Å². The molecule has 0 saturated heterocycles. The predicted molar refractivity (Wildman–Crippen MR) is 419 cm³/mol. The summed E-state index contributed by atoms with van der Waals surface area (Å²) < 4.78 is 32.8. The lowest BCUT2D eigenvalue weighted by molar-refractivity contribution is -0.190. The van der Waals surface area contributed by atoms with Gasteiger partial charge in [0, 0.05) is 62.6 Å². The van der Waals surface area contributed by atoms with Crippen LogP contribution in [0.4, 0.5) is 21.0 Å². The lowest BCUT2D eigenvalue weighted by atomic mass is 9.78. The summed E-state index contributed by atoms with van der Waals surface area (Å²) in [7, 11) is 0. The molecule has 0 bridgehead atoms. The molecular formula is C82H122N6O24. The molecule has 30 nitrogen and oxygen atoms in total. The molecular weight excluding hydrogens is 1450 g/mol. The van der Waals surface area contributed by atoms with Gasteiger partial charge in [0.2, 0.25) is 11.8 Å². The number of alkyl carbamates (subject to hydrolysis) is 2. The summed E-state index contributed by atoms with van der Waals surface area (Å²) in [5.74, 6) is -5.28. The number of aliphatic hydroxyl groups excluding tert-OH is 4. The Balaban J connectivity index is 0.000000462. The minimum Gasteiger partial charge on any atom is -0.504 e. The van der Waals surface area contributed by atoms with Gasteiger partial charge >= 0.3 is 24.1 Å². The van der Waals surface area contributed by atoms with Crippen molar-refractivity contribution in [2.24, 2.45) is 0 Å². The van der Waals surface area contributed by atoms with E-state index < -0.39 is 150 Å². The van der Waals surface area contributed by atoms with E-state index in [0.717, 1.165) is 31.8 Å². The van der Waals surface area contributed by atoms with Crippen LogP contribution in [0.2, 0.25) is 0 Å². The van der Waals surface area contributed by atoms with Crippen molar-refractivity contribution in [2.75, 3.05) is 36.9 Å². The van der Waals surface area contributed by atoms with Crippen LogP contribution in [0, 0.1) is 0 Å². The zero-order chi connectivity index (χ0) is 83.2. The molecule has 10 atom stereocenters. The molecule has 0 aromatic heterocycles. The molecule has 4 aromatic carbocycles. The maximum Gasteiger partial charge on any atom is 0.407 e. The Morgan fingerprint density at radius 1 is 0.500 bits per heavy atom. The number of hydrogen-bond donors (Lipinski definition) is 16. The molecule has 0 heterocycles. The molecule has 112 heavy (non-hydrogen) atoms. The number of esters is 2. The number of aryl methyl sites for hydroxylation is 1. The van der Waals surface area contributed by atoms with Crippen LogP contribution in [0.5, 0.6) is 34.5 Å². The Labute approximate surface area is 656 Å². The number of ether oxygens (including phenoxy) is 6. The zero-order valence-corrected chi connectivity index (χ0v) is 66.4. The quantitative estimate of drug-likeness (QED) is 0.00649. The molecule has 10 unspecified atom stereocenters. The van der Waals surface area contributed by atoms with E-state index in [9.17, 15) is 89.4 Å². The molecule has 0 spiro atoms. The highest BCUT2D eigenvalue weighted by Crippen LogP contribution is 2.35. The van der Waals surface area contributed by atoms with Gasteiger partial charge < -0.3 is 111 Å². The smallest absolute Gasteiger partial charge is 0.407 e.